The fraction of sp³-hybridized carbons (Fsp3) is 0.143. The van der Waals surface area contributed by atoms with E-state index in [4.69, 9.17) is 0 Å². The molecule has 0 amide bonds. The summed E-state index contributed by atoms with van der Waals surface area (Å²) in [5.41, 5.74) is 5.49. The maximum absolute atomic E-state index is 4.57. The molecule has 0 aliphatic rings. The molecule has 0 N–H and O–H groups in total. The molecule has 0 saturated heterocycles. The number of hydrogen-bond donors (Lipinski definition) is 0. The third kappa shape index (κ3) is 3.45. The molecule has 0 nitrogen and oxygen atoms in total. The summed E-state index contributed by atoms with van der Waals surface area (Å²) < 4.78 is 0. The summed E-state index contributed by atoms with van der Waals surface area (Å²) >= 11 is 4.57. The van der Waals surface area contributed by atoms with Crippen LogP contribution >= 0.6 is 20.8 Å². The van der Waals surface area contributed by atoms with E-state index in [1.807, 2.05) is 0 Å². The summed E-state index contributed by atoms with van der Waals surface area (Å²) in [7, 11) is 0. The van der Waals surface area contributed by atoms with Gasteiger partial charge in [-0.3, -0.25) is 0 Å². The van der Waals surface area contributed by atoms with Crippen LogP contribution < -0.4 is 15.9 Å². The van der Waals surface area contributed by atoms with Crippen LogP contribution in [0.25, 0.3) is 0 Å². The van der Waals surface area contributed by atoms with Gasteiger partial charge in [-0.1, -0.05) is 0 Å². The van der Waals surface area contributed by atoms with Gasteiger partial charge in [0.2, 0.25) is 0 Å². The first-order valence-electron chi connectivity index (χ1n) is 10.4. The molecule has 4 rings (SSSR count). The molecule has 0 fully saturated rings. The van der Waals surface area contributed by atoms with E-state index in [2.05, 4.69) is 139 Å². The van der Waals surface area contributed by atoms with Gasteiger partial charge in [-0.2, -0.15) is 0 Å². The van der Waals surface area contributed by atoms with E-state index in [0.717, 1.165) is 6.16 Å². The van der Waals surface area contributed by atoms with E-state index in [0.29, 0.717) is 0 Å². The Morgan fingerprint density at radius 2 is 0.900 bits per heavy atom. The van der Waals surface area contributed by atoms with Crippen LogP contribution in [0.5, 0.6) is 0 Å². The quantitative estimate of drug-likeness (QED) is 0.274. The summed E-state index contributed by atoms with van der Waals surface area (Å²) in [5.74, 6) is 0. The zero-order valence-electron chi connectivity index (χ0n) is 17.8. The third-order valence-corrected chi connectivity index (χ3v) is 15.7. The number of aryl methyl sites for hydroxylation is 3. The number of hydrogen-bond acceptors (Lipinski definition) is 0. The molecule has 2 heteroatoms. The second-order valence-electron chi connectivity index (χ2n) is 8.22. The Bertz CT molecular complexity index is 1030. The van der Waals surface area contributed by atoms with Gasteiger partial charge in [-0.15, -0.1) is 0 Å². The van der Waals surface area contributed by atoms with Crippen molar-refractivity contribution in [3.8, 4) is 0 Å². The summed E-state index contributed by atoms with van der Waals surface area (Å²) in [5, 5.41) is 1.13. The van der Waals surface area contributed by atoms with E-state index in [-0.39, 0.29) is 0 Å². The summed E-state index contributed by atoms with van der Waals surface area (Å²) in [6.45, 7) is 6.69. The van der Waals surface area contributed by atoms with Gasteiger partial charge in [0.25, 0.3) is 0 Å². The Hall–Kier alpha value is -2.21. The van der Waals surface area contributed by atoms with Gasteiger partial charge in [-0.05, 0) is 0 Å². The average Bonchev–Trinajstić information content (AvgIpc) is 2.78. The van der Waals surface area contributed by atoms with Crippen molar-refractivity contribution in [3.63, 3.8) is 0 Å². The summed E-state index contributed by atoms with van der Waals surface area (Å²) in [6.07, 6.45) is 0.946. The van der Waals surface area contributed by atoms with E-state index in [1.54, 1.807) is 0 Å². The number of benzene rings is 4. The van der Waals surface area contributed by atoms with Gasteiger partial charge in [0, 0.05) is 0 Å². The molecule has 0 bridgehead atoms. The van der Waals surface area contributed by atoms with Gasteiger partial charge in [-0.25, -0.2) is 0 Å². The Morgan fingerprint density at radius 3 is 1.23 bits per heavy atom. The zero-order valence-corrected chi connectivity index (χ0v) is 20.3. The van der Waals surface area contributed by atoms with Crippen molar-refractivity contribution >= 4 is 36.7 Å². The molecule has 0 aliphatic heterocycles. The van der Waals surface area contributed by atoms with Crippen molar-refractivity contribution in [2.45, 2.75) is 26.9 Å². The SMILES string of the molecule is Cc1cc(C)c(CP(Br)(c2ccccc2)(c2ccccc2)c2ccccc2)c(C)c1. The van der Waals surface area contributed by atoms with Gasteiger partial charge in [0.1, 0.15) is 0 Å². The Labute approximate surface area is 188 Å². The third-order valence-electron chi connectivity index (χ3n) is 6.18. The van der Waals surface area contributed by atoms with Gasteiger partial charge in [0.15, 0.2) is 0 Å². The number of halogens is 1. The Morgan fingerprint density at radius 1 is 0.567 bits per heavy atom. The van der Waals surface area contributed by atoms with Crippen LogP contribution in [-0.2, 0) is 6.16 Å². The summed E-state index contributed by atoms with van der Waals surface area (Å²) in [4.78, 5) is 0. The molecule has 0 unspecified atom stereocenters. The number of rotatable bonds is 5. The van der Waals surface area contributed by atoms with Crippen LogP contribution in [0.15, 0.2) is 103 Å². The summed E-state index contributed by atoms with van der Waals surface area (Å²) in [6, 6.07) is 37.7. The van der Waals surface area contributed by atoms with Crippen LogP contribution in [0, 0.1) is 20.8 Å². The minimum atomic E-state index is -2.95. The normalized spacial score (nSPS) is 12.9. The molecule has 0 spiro atoms. The molecule has 0 heterocycles. The Kier molecular flexibility index (Phi) is 5.71. The maximum atomic E-state index is 4.57. The molecular weight excluding hydrogens is 447 g/mol. The fourth-order valence-electron chi connectivity index (χ4n) is 4.69. The molecule has 4 aromatic carbocycles. The first-order valence-corrected chi connectivity index (χ1v) is 14.8. The molecular formula is C28H28BrP. The van der Waals surface area contributed by atoms with Gasteiger partial charge < -0.3 is 0 Å². The van der Waals surface area contributed by atoms with Crippen molar-refractivity contribution in [3.05, 3.63) is 125 Å². The Balaban J connectivity index is 2.12. The average molecular weight is 475 g/mol. The van der Waals surface area contributed by atoms with Crippen LogP contribution in [0.2, 0.25) is 0 Å². The predicted molar refractivity (Wildman–Crippen MR) is 138 cm³/mol. The molecule has 30 heavy (non-hydrogen) atoms. The van der Waals surface area contributed by atoms with E-state index >= 15 is 0 Å². The zero-order chi connectivity index (χ0) is 21.2. The van der Waals surface area contributed by atoms with Gasteiger partial charge in [0.05, 0.1) is 0 Å². The van der Waals surface area contributed by atoms with Crippen molar-refractivity contribution < 1.29 is 0 Å². The van der Waals surface area contributed by atoms with E-state index in [9.17, 15) is 0 Å². The monoisotopic (exact) mass is 474 g/mol. The van der Waals surface area contributed by atoms with Crippen LogP contribution in [0.1, 0.15) is 22.3 Å². The van der Waals surface area contributed by atoms with Crippen LogP contribution in [-0.4, -0.2) is 0 Å². The van der Waals surface area contributed by atoms with E-state index < -0.39 is 5.31 Å². The first-order chi connectivity index (χ1) is 14.4. The van der Waals surface area contributed by atoms with Crippen molar-refractivity contribution in [2.24, 2.45) is 0 Å². The molecule has 0 aliphatic carbocycles. The first kappa shape index (κ1) is 21.0. The van der Waals surface area contributed by atoms with Gasteiger partial charge >= 0.3 is 189 Å². The minimum absolute atomic E-state index is 0.946. The second kappa shape index (κ2) is 8.14. The molecule has 0 saturated carbocycles. The fourth-order valence-corrected chi connectivity index (χ4v) is 12.5. The standard InChI is InChI=1S/C28H28BrP/c1-22-19-23(2)28(24(3)20-22)21-30(29,25-13-7-4-8-14-25,26-15-9-5-10-16-26)27-17-11-6-12-18-27/h4-20H,21H2,1-3H3. The molecule has 0 radical (unpaired) electrons. The molecule has 4 aromatic rings. The molecule has 0 aromatic heterocycles. The van der Waals surface area contributed by atoms with Crippen molar-refractivity contribution in [2.75, 3.05) is 0 Å². The topological polar surface area (TPSA) is 0 Å². The van der Waals surface area contributed by atoms with Crippen molar-refractivity contribution in [1.82, 2.24) is 0 Å². The van der Waals surface area contributed by atoms with Crippen LogP contribution in [0.4, 0.5) is 0 Å². The predicted octanol–water partition coefficient (Wildman–Crippen LogP) is 6.95. The van der Waals surface area contributed by atoms with Crippen LogP contribution in [0.3, 0.4) is 0 Å². The second-order valence-corrected chi connectivity index (χ2v) is 17.2. The van der Waals surface area contributed by atoms with Crippen molar-refractivity contribution in [1.29, 1.82) is 0 Å². The van der Waals surface area contributed by atoms with E-state index in [1.165, 1.54) is 38.2 Å². The molecule has 152 valence electrons. The molecule has 0 atom stereocenters.